The van der Waals surface area contributed by atoms with E-state index in [4.69, 9.17) is 4.99 Å². The van der Waals surface area contributed by atoms with Crippen LogP contribution in [0.4, 0.5) is 0 Å². The maximum Gasteiger partial charge on any atom is 0.147 e. The molecule has 0 aliphatic carbocycles. The van der Waals surface area contributed by atoms with Crippen molar-refractivity contribution in [3.8, 4) is 0 Å². The third-order valence-corrected chi connectivity index (χ3v) is 4.19. The van der Waals surface area contributed by atoms with Crippen LogP contribution in [0.25, 0.3) is 5.57 Å². The van der Waals surface area contributed by atoms with Gasteiger partial charge in [-0.15, -0.1) is 0 Å². The minimum atomic E-state index is -0.00919. The maximum absolute atomic E-state index is 5.03. The van der Waals surface area contributed by atoms with Gasteiger partial charge in [0.2, 0.25) is 0 Å². The fourth-order valence-corrected chi connectivity index (χ4v) is 2.94. The van der Waals surface area contributed by atoms with Crippen LogP contribution in [0.3, 0.4) is 0 Å². The zero-order valence-electron chi connectivity index (χ0n) is 14.3. The highest BCUT2D eigenvalue weighted by Gasteiger charge is 2.31. The Morgan fingerprint density at radius 2 is 1.43 bits per heavy atom. The molecule has 3 rings (SSSR count). The van der Waals surface area contributed by atoms with Crippen molar-refractivity contribution in [2.45, 2.75) is 39.4 Å². The van der Waals surface area contributed by atoms with Gasteiger partial charge in [-0.2, -0.15) is 0 Å². The Bertz CT molecular complexity index is 721. The normalized spacial score (nSPS) is 18.4. The van der Waals surface area contributed by atoms with Crippen LogP contribution in [-0.4, -0.2) is 16.2 Å². The second kappa shape index (κ2) is 6.04. The van der Waals surface area contributed by atoms with Gasteiger partial charge in [-0.1, -0.05) is 60.7 Å². The van der Waals surface area contributed by atoms with Gasteiger partial charge in [0.05, 0.1) is 0 Å². The second-order valence-electron chi connectivity index (χ2n) is 6.99. The minimum absolute atomic E-state index is 0.00919. The molecule has 2 heteroatoms. The van der Waals surface area contributed by atoms with E-state index in [9.17, 15) is 0 Å². The van der Waals surface area contributed by atoms with Gasteiger partial charge in [0.25, 0.3) is 0 Å². The number of benzene rings is 2. The number of allylic oxidation sites excluding steroid dienone is 1. The lowest BCUT2D eigenvalue weighted by molar-refractivity contribution is 0.148. The molecule has 23 heavy (non-hydrogen) atoms. The van der Waals surface area contributed by atoms with Crippen LogP contribution >= 0.6 is 0 Å². The number of hydrogen-bond donors (Lipinski definition) is 0. The molecular weight excluding hydrogens is 280 g/mol. The topological polar surface area (TPSA) is 15.6 Å². The lowest BCUT2D eigenvalue weighted by Gasteiger charge is -2.42. The van der Waals surface area contributed by atoms with Crippen LogP contribution < -0.4 is 0 Å². The molecule has 1 atom stereocenters. The van der Waals surface area contributed by atoms with Gasteiger partial charge >= 0.3 is 0 Å². The first kappa shape index (κ1) is 15.5. The highest BCUT2D eigenvalue weighted by molar-refractivity contribution is 6.23. The van der Waals surface area contributed by atoms with E-state index >= 15 is 0 Å². The van der Waals surface area contributed by atoms with E-state index in [0.717, 1.165) is 5.71 Å². The summed E-state index contributed by atoms with van der Waals surface area (Å²) in [6.07, 6.45) is 2.30. The number of hydrogen-bond acceptors (Lipinski definition) is 2. The minimum Gasteiger partial charge on any atom is -0.347 e. The average Bonchev–Trinajstić information content (AvgIpc) is 2.55. The quantitative estimate of drug-likeness (QED) is 0.735. The first-order valence-electron chi connectivity index (χ1n) is 8.12. The smallest absolute Gasteiger partial charge is 0.147 e. The van der Waals surface area contributed by atoms with Gasteiger partial charge in [-0.25, -0.2) is 0 Å². The Morgan fingerprint density at radius 3 is 2.00 bits per heavy atom. The van der Waals surface area contributed by atoms with Crippen molar-refractivity contribution in [2.24, 2.45) is 4.99 Å². The zero-order chi connectivity index (χ0) is 16.4. The van der Waals surface area contributed by atoms with E-state index in [0.29, 0.717) is 0 Å². The summed E-state index contributed by atoms with van der Waals surface area (Å²) in [6.45, 7) is 8.81. The van der Waals surface area contributed by atoms with E-state index in [1.54, 1.807) is 0 Å². The monoisotopic (exact) mass is 304 g/mol. The second-order valence-corrected chi connectivity index (χ2v) is 6.99. The summed E-state index contributed by atoms with van der Waals surface area (Å²) in [5, 5.41) is 0. The molecule has 0 N–H and O–H groups in total. The fourth-order valence-electron chi connectivity index (χ4n) is 2.94. The van der Waals surface area contributed by atoms with E-state index < -0.39 is 0 Å². The molecule has 0 amide bonds. The van der Waals surface area contributed by atoms with E-state index in [2.05, 4.69) is 93.4 Å². The van der Waals surface area contributed by atoms with E-state index in [1.165, 1.54) is 16.7 Å². The molecule has 1 aliphatic rings. The zero-order valence-corrected chi connectivity index (χ0v) is 14.3. The number of rotatable bonds is 2. The first-order valence-corrected chi connectivity index (χ1v) is 8.12. The number of aliphatic imine (C=N–C) groups is 1. The first-order chi connectivity index (χ1) is 11.0. The molecule has 2 aromatic carbocycles. The van der Waals surface area contributed by atoms with Crippen LogP contribution in [0.2, 0.25) is 0 Å². The third-order valence-electron chi connectivity index (χ3n) is 4.19. The molecule has 2 aromatic rings. The van der Waals surface area contributed by atoms with Crippen LogP contribution in [0.15, 0.2) is 71.9 Å². The molecule has 1 aliphatic heterocycles. The standard InChI is InChI=1S/C21H24N2/c1-16-19(17-11-7-5-8-12-17)15-23(21(2,3)4)20(22-16)18-13-9-6-10-14-18/h5-15,20H,1-4H3. The van der Waals surface area contributed by atoms with Crippen molar-refractivity contribution in [3.63, 3.8) is 0 Å². The van der Waals surface area contributed by atoms with Crippen LogP contribution in [0.1, 0.15) is 45.0 Å². The molecule has 118 valence electrons. The molecule has 0 fully saturated rings. The number of nitrogens with zero attached hydrogens (tertiary/aromatic N) is 2. The molecule has 0 aromatic heterocycles. The molecule has 0 radical (unpaired) electrons. The largest absolute Gasteiger partial charge is 0.347 e. The molecule has 2 nitrogen and oxygen atoms in total. The third kappa shape index (κ3) is 3.21. The molecule has 1 unspecified atom stereocenters. The molecule has 0 saturated carbocycles. The van der Waals surface area contributed by atoms with Gasteiger partial charge in [-0.05, 0) is 38.8 Å². The summed E-state index contributed by atoms with van der Waals surface area (Å²) in [7, 11) is 0. The Balaban J connectivity index is 2.07. The SMILES string of the molecule is CC1=NC(c2ccccc2)N(C(C)(C)C)C=C1c1ccccc1. The average molecular weight is 304 g/mol. The summed E-state index contributed by atoms with van der Waals surface area (Å²) in [5.41, 5.74) is 4.72. The van der Waals surface area contributed by atoms with Crippen LogP contribution in [0.5, 0.6) is 0 Å². The van der Waals surface area contributed by atoms with E-state index in [-0.39, 0.29) is 11.7 Å². The molecule has 0 bridgehead atoms. The lowest BCUT2D eigenvalue weighted by atomic mass is 9.96. The van der Waals surface area contributed by atoms with Gasteiger partial charge in [0.15, 0.2) is 0 Å². The maximum atomic E-state index is 5.03. The fraction of sp³-hybridized carbons (Fsp3) is 0.286. The van der Waals surface area contributed by atoms with Crippen LogP contribution in [-0.2, 0) is 0 Å². The Hall–Kier alpha value is -2.35. The van der Waals surface area contributed by atoms with Gasteiger partial charge in [0, 0.05) is 23.0 Å². The predicted molar refractivity (Wildman–Crippen MR) is 98.3 cm³/mol. The van der Waals surface area contributed by atoms with Gasteiger partial charge in [-0.3, -0.25) is 4.99 Å². The van der Waals surface area contributed by atoms with Crippen molar-refractivity contribution < 1.29 is 0 Å². The molecule has 1 heterocycles. The van der Waals surface area contributed by atoms with Gasteiger partial charge < -0.3 is 4.90 Å². The van der Waals surface area contributed by atoms with Crippen molar-refractivity contribution in [2.75, 3.05) is 0 Å². The van der Waals surface area contributed by atoms with E-state index in [1.807, 2.05) is 6.07 Å². The summed E-state index contributed by atoms with van der Waals surface area (Å²) in [6, 6.07) is 21.0. The molecule has 0 saturated heterocycles. The van der Waals surface area contributed by atoms with Gasteiger partial charge in [0.1, 0.15) is 6.17 Å². The predicted octanol–water partition coefficient (Wildman–Crippen LogP) is 5.30. The molecule has 0 spiro atoms. The summed E-state index contributed by atoms with van der Waals surface area (Å²) >= 11 is 0. The molecular formula is C21H24N2. The van der Waals surface area contributed by atoms with Crippen LogP contribution in [0, 0.1) is 0 Å². The van der Waals surface area contributed by atoms with Crippen molar-refractivity contribution >= 4 is 11.3 Å². The highest BCUT2D eigenvalue weighted by atomic mass is 15.3. The van der Waals surface area contributed by atoms with Crippen molar-refractivity contribution in [1.29, 1.82) is 0 Å². The summed E-state index contributed by atoms with van der Waals surface area (Å²) < 4.78 is 0. The van der Waals surface area contributed by atoms with Crippen molar-refractivity contribution in [3.05, 3.63) is 78.0 Å². The Morgan fingerprint density at radius 1 is 0.870 bits per heavy atom. The van der Waals surface area contributed by atoms with Crippen molar-refractivity contribution in [1.82, 2.24) is 4.90 Å². The highest BCUT2D eigenvalue weighted by Crippen LogP contribution is 2.36. The summed E-state index contributed by atoms with van der Waals surface area (Å²) in [4.78, 5) is 7.39. The Labute approximate surface area is 139 Å². The Kier molecular flexibility index (Phi) is 4.08. The lowest BCUT2D eigenvalue weighted by Crippen LogP contribution is -2.41. The summed E-state index contributed by atoms with van der Waals surface area (Å²) in [5.74, 6) is 0.